The number of carbonyl (C=O) groups excluding carboxylic acids is 1. The van der Waals surface area contributed by atoms with Gasteiger partial charge in [0.15, 0.2) is 23.0 Å². The van der Waals surface area contributed by atoms with E-state index in [0.717, 1.165) is 81.9 Å². The molecule has 0 aromatic heterocycles. The quantitative estimate of drug-likeness (QED) is 0.0502. The highest BCUT2D eigenvalue weighted by Gasteiger charge is 2.53. The summed E-state index contributed by atoms with van der Waals surface area (Å²) in [6.45, 7) is 3.18. The summed E-state index contributed by atoms with van der Waals surface area (Å²) in [6.07, 6.45) is 12.8. The minimum Gasteiger partial charge on any atom is -0.504 e. The Kier molecular flexibility index (Phi) is 19.8. The number of phenols is 2. The van der Waals surface area contributed by atoms with Crippen LogP contribution in [0.15, 0.2) is 24.3 Å². The number of rotatable bonds is 14. The van der Waals surface area contributed by atoms with Crippen LogP contribution in [0.2, 0.25) is 0 Å². The second-order valence-electron chi connectivity index (χ2n) is 22.6. The van der Waals surface area contributed by atoms with Crippen LogP contribution >= 0.6 is 21.6 Å². The van der Waals surface area contributed by atoms with E-state index < -0.39 is 37.1 Å². The molecule has 73 heavy (non-hydrogen) atoms. The molecule has 3 heterocycles. The van der Waals surface area contributed by atoms with Crippen molar-refractivity contribution in [1.82, 2.24) is 10.6 Å². The van der Waals surface area contributed by atoms with Crippen LogP contribution in [-0.2, 0) is 22.4 Å². The molecule has 13 atom stereocenters. The molecule has 9 N–H and O–H groups in total. The predicted octanol–water partition coefficient (Wildman–Crippen LogP) is 7.74. The van der Waals surface area contributed by atoms with Crippen molar-refractivity contribution in [3.05, 3.63) is 41.0 Å². The first-order valence-corrected chi connectivity index (χ1v) is 29.8. The molecule has 0 bridgehead atoms. The van der Waals surface area contributed by atoms with Crippen LogP contribution in [0.4, 0.5) is 0 Å². The van der Waals surface area contributed by atoms with Gasteiger partial charge in [-0.05, 0) is 161 Å². The highest BCUT2D eigenvalue weighted by atomic mass is 33.1. The number of aliphatic hydroxyl groups excluding tert-OH is 5. The van der Waals surface area contributed by atoms with Gasteiger partial charge >= 0.3 is 0 Å². The number of aliphatic hydroxyl groups is 5. The molecular weight excluding hydrogens is 969 g/mol. The van der Waals surface area contributed by atoms with Crippen LogP contribution in [0.25, 0.3) is 0 Å². The lowest BCUT2D eigenvalue weighted by atomic mass is 9.51. The number of methoxy groups -OCH3 is 2. The van der Waals surface area contributed by atoms with E-state index in [-0.39, 0.29) is 88.3 Å². The van der Waals surface area contributed by atoms with Gasteiger partial charge in [-0.2, -0.15) is 0 Å². The van der Waals surface area contributed by atoms with Gasteiger partial charge < -0.3 is 65.3 Å². The van der Waals surface area contributed by atoms with Crippen molar-refractivity contribution in [2.24, 2.45) is 40.9 Å². The number of carbonyl (C=O) groups is 1. The van der Waals surface area contributed by atoms with Gasteiger partial charge in [0.2, 0.25) is 11.7 Å². The van der Waals surface area contributed by atoms with Crippen LogP contribution in [0, 0.1) is 52.8 Å². The molecule has 2 aromatic rings. The molecule has 8 rings (SSSR count). The largest absolute Gasteiger partial charge is 0.504 e. The number of aryl methyl sites for hydroxylation is 1. The number of hydrogen-bond acceptors (Lipinski definition) is 15. The highest BCUT2D eigenvalue weighted by Crippen LogP contribution is 2.57. The Morgan fingerprint density at radius 2 is 1.67 bits per heavy atom. The third-order valence-electron chi connectivity index (χ3n) is 17.9. The highest BCUT2D eigenvalue weighted by molar-refractivity contribution is 8.76. The molecule has 6 aliphatic rings. The second-order valence-corrected chi connectivity index (χ2v) is 25.2. The number of benzene rings is 2. The maximum absolute atomic E-state index is 12.1. The molecule has 1 amide bonds. The van der Waals surface area contributed by atoms with E-state index in [1.807, 2.05) is 6.07 Å². The van der Waals surface area contributed by atoms with Gasteiger partial charge in [-0.1, -0.05) is 60.1 Å². The minimum atomic E-state index is -1.04. The van der Waals surface area contributed by atoms with E-state index in [0.29, 0.717) is 67.7 Å². The summed E-state index contributed by atoms with van der Waals surface area (Å²) in [5, 5.41) is 85.0. The Labute approximate surface area is 441 Å². The lowest BCUT2D eigenvalue weighted by Crippen LogP contribution is -2.53. The third kappa shape index (κ3) is 13.5. The van der Waals surface area contributed by atoms with Crippen LogP contribution < -0.4 is 24.8 Å². The molecule has 3 aliphatic heterocycles. The summed E-state index contributed by atoms with van der Waals surface area (Å²) in [4.78, 5) is 12.1. The van der Waals surface area contributed by atoms with E-state index in [4.69, 9.17) is 18.9 Å². The van der Waals surface area contributed by atoms with Gasteiger partial charge in [-0.25, -0.2) is 0 Å². The number of fused-ring (bicyclic) bond motifs is 3. The minimum absolute atomic E-state index is 0.0160. The van der Waals surface area contributed by atoms with E-state index >= 15 is 0 Å². The smallest absolute Gasteiger partial charge is 0.220 e. The van der Waals surface area contributed by atoms with Crippen LogP contribution in [-0.4, -0.2) is 124 Å². The molecule has 406 valence electrons. The first kappa shape index (κ1) is 56.1. The van der Waals surface area contributed by atoms with Crippen molar-refractivity contribution in [3.8, 4) is 40.6 Å². The van der Waals surface area contributed by atoms with Crippen molar-refractivity contribution in [2.45, 2.75) is 177 Å². The summed E-state index contributed by atoms with van der Waals surface area (Å²) in [5.41, 5.74) is 2.22. The summed E-state index contributed by atoms with van der Waals surface area (Å²) in [5.74, 6) is 9.65. The fraction of sp³-hybridized carbons (Fsp3) is 0.737. The summed E-state index contributed by atoms with van der Waals surface area (Å²) in [7, 11) is 5.86. The number of phenolic OH excluding ortho intramolecular Hbond substituents is 2. The standard InChI is InChI=1S/C57H84N2O12S2/c1-35-8-11-40(12-15-46(62)39-26-54(66)58-31-39)57(30-35)20-7-19-56(17-5-4-6-18-56)59-32-38-10-14-42(27-45(38)57)71-50-25-37-9-13-41(70-34-61)28-47(63)44(22-36-23-51(68-2)55(67)52(24-36)69-3)49(65)33-72-73-53(16-21-60)43(37)29-48(50)64/h23-25,29,35,38-42,44-47,49,53,59-65,67H,4-6,8-19,21-22,26-28,30-34H2,1-3H3,(H,58,66). The molecule has 0 radical (unpaired) electrons. The molecule has 2 spiro atoms. The van der Waals surface area contributed by atoms with Gasteiger partial charge in [-0.3, -0.25) is 4.79 Å². The van der Waals surface area contributed by atoms with Crippen LogP contribution in [0.5, 0.6) is 28.7 Å². The second kappa shape index (κ2) is 25.8. The van der Waals surface area contributed by atoms with E-state index in [1.54, 1.807) is 18.2 Å². The van der Waals surface area contributed by atoms with Gasteiger partial charge in [0.05, 0.1) is 44.7 Å². The van der Waals surface area contributed by atoms with Crippen molar-refractivity contribution < 1.29 is 59.5 Å². The average molecular weight is 1050 g/mol. The van der Waals surface area contributed by atoms with E-state index in [2.05, 4.69) is 29.4 Å². The molecule has 3 saturated carbocycles. The Balaban J connectivity index is 1.06. The number of ether oxygens (including phenoxy) is 4. The number of hydrogen-bond donors (Lipinski definition) is 9. The van der Waals surface area contributed by atoms with E-state index in [9.17, 15) is 40.5 Å². The Bertz CT molecular complexity index is 2180. The predicted molar refractivity (Wildman–Crippen MR) is 285 cm³/mol. The molecule has 3 aliphatic carbocycles. The Hall–Kier alpha value is -3.11. The summed E-state index contributed by atoms with van der Waals surface area (Å²) >= 11 is 0. The average Bonchev–Trinajstić information content (AvgIpc) is 3.84. The summed E-state index contributed by atoms with van der Waals surface area (Å²) in [6, 6.07) is 7.07. The maximum atomic E-state index is 12.1. The lowest BCUT2D eigenvalue weighted by molar-refractivity contribution is -0.119. The molecule has 4 fully saturated rings. The van der Waals surface area contributed by atoms with Crippen molar-refractivity contribution in [2.75, 3.05) is 46.5 Å². The zero-order chi connectivity index (χ0) is 51.7. The Morgan fingerprint density at radius 3 is 2.38 bits per heavy atom. The van der Waals surface area contributed by atoms with Gasteiger partial charge in [0, 0.05) is 59.8 Å². The molecule has 2 aromatic carbocycles. The number of amides is 1. The normalized spacial score (nSPS) is 33.4. The van der Waals surface area contributed by atoms with Crippen molar-refractivity contribution >= 4 is 27.5 Å². The first-order chi connectivity index (χ1) is 35.3. The van der Waals surface area contributed by atoms with Crippen LogP contribution in [0.3, 0.4) is 0 Å². The van der Waals surface area contributed by atoms with Crippen molar-refractivity contribution in [3.63, 3.8) is 0 Å². The zero-order valence-electron chi connectivity index (χ0n) is 43.4. The number of nitrogens with one attached hydrogen (secondary N) is 2. The topological polar surface area (TPSA) is 220 Å². The fourth-order valence-electron chi connectivity index (χ4n) is 13.9. The Morgan fingerprint density at radius 1 is 0.890 bits per heavy atom. The molecule has 16 heteroatoms. The molecular formula is C57H84N2O12S2. The SMILES string of the molecule is COc1cc(CC2C(O)CSSC(CCO)c3cc(O)c(OC4CCC5CNC6(CC#CC7(CC(C)CCC7CCC(O)C7CNC(=O)C7)C5C4)CCCCC6)cc3CCC(OCO)CC2O)cc(OC)c1O. The first-order valence-electron chi connectivity index (χ1n) is 27.4. The van der Waals surface area contributed by atoms with Gasteiger partial charge in [0.25, 0.3) is 0 Å². The third-order valence-corrected chi connectivity index (χ3v) is 20.8. The molecule has 1 saturated heterocycles. The molecule has 13 unspecified atom stereocenters. The number of aromatic hydroxyl groups is 2. The van der Waals surface area contributed by atoms with Crippen molar-refractivity contribution in [1.29, 1.82) is 0 Å². The maximum Gasteiger partial charge on any atom is 0.220 e. The zero-order valence-corrected chi connectivity index (χ0v) is 45.0. The monoisotopic (exact) mass is 1050 g/mol. The molecule has 14 nitrogen and oxygen atoms in total. The lowest BCUT2D eigenvalue weighted by Gasteiger charge is -2.53. The van der Waals surface area contributed by atoms with E-state index in [1.165, 1.54) is 55.1 Å². The van der Waals surface area contributed by atoms with Crippen LogP contribution in [0.1, 0.15) is 144 Å². The van der Waals surface area contributed by atoms with Gasteiger partial charge in [-0.15, -0.1) is 5.92 Å². The fourth-order valence-corrected chi connectivity index (χ4v) is 16.8. The summed E-state index contributed by atoms with van der Waals surface area (Å²) < 4.78 is 23.7. The van der Waals surface area contributed by atoms with Gasteiger partial charge in [0.1, 0.15) is 6.79 Å².